The lowest BCUT2D eigenvalue weighted by Crippen LogP contribution is -2.14. The van der Waals surface area contributed by atoms with Crippen LogP contribution in [0.5, 0.6) is 0 Å². The summed E-state index contributed by atoms with van der Waals surface area (Å²) in [6.45, 7) is 4.05. The fraction of sp³-hybridized carbons (Fsp3) is 0.211. The second kappa shape index (κ2) is 6.16. The molecule has 1 aromatic heterocycles. The second-order valence-corrected chi connectivity index (χ2v) is 5.78. The molecule has 0 atom stereocenters. The Morgan fingerprint density at radius 2 is 1.83 bits per heavy atom. The largest absolute Gasteiger partial charge is 0.417 e. The number of aromatic nitrogens is 1. The van der Waals surface area contributed by atoms with Gasteiger partial charge in [0.25, 0.3) is 0 Å². The summed E-state index contributed by atoms with van der Waals surface area (Å²) in [4.78, 5) is 17.7. The molecule has 0 spiro atoms. The standard InChI is InChI=1S/C19H20N2O2/c1-13-8-14(2)10-16(9-13)20-19(22)11-15-12-21(23-3)18-7-5-4-6-17(15)18/h4-10,12H,11H2,1-3H3,(H,20,22). The average molecular weight is 308 g/mol. The Hall–Kier alpha value is -2.75. The van der Waals surface area contributed by atoms with Crippen LogP contribution in [0.15, 0.2) is 48.7 Å². The van der Waals surface area contributed by atoms with E-state index >= 15 is 0 Å². The van der Waals surface area contributed by atoms with Gasteiger partial charge in [0.1, 0.15) is 7.11 Å². The van der Waals surface area contributed by atoms with E-state index in [0.717, 1.165) is 33.3 Å². The van der Waals surface area contributed by atoms with E-state index in [9.17, 15) is 4.79 Å². The maximum Gasteiger partial charge on any atom is 0.228 e. The minimum Gasteiger partial charge on any atom is -0.417 e. The van der Waals surface area contributed by atoms with Gasteiger partial charge in [0.15, 0.2) is 0 Å². The second-order valence-electron chi connectivity index (χ2n) is 5.78. The Morgan fingerprint density at radius 3 is 2.52 bits per heavy atom. The highest BCUT2D eigenvalue weighted by molar-refractivity contribution is 5.96. The first-order valence-electron chi connectivity index (χ1n) is 7.58. The molecule has 0 saturated heterocycles. The summed E-state index contributed by atoms with van der Waals surface area (Å²) in [5, 5.41) is 4.01. The number of fused-ring (bicyclic) bond motifs is 1. The summed E-state index contributed by atoms with van der Waals surface area (Å²) in [6, 6.07) is 13.9. The Kier molecular flexibility index (Phi) is 4.06. The van der Waals surface area contributed by atoms with Crippen molar-refractivity contribution in [3.63, 3.8) is 0 Å². The third-order valence-corrected chi connectivity index (χ3v) is 3.81. The monoisotopic (exact) mass is 308 g/mol. The van der Waals surface area contributed by atoms with Gasteiger partial charge in [-0.25, -0.2) is 0 Å². The number of anilines is 1. The lowest BCUT2D eigenvalue weighted by molar-refractivity contribution is -0.115. The first kappa shape index (κ1) is 15.2. The quantitative estimate of drug-likeness (QED) is 0.801. The molecule has 2 aromatic carbocycles. The van der Waals surface area contributed by atoms with Gasteiger partial charge in [0.2, 0.25) is 5.91 Å². The van der Waals surface area contributed by atoms with Gasteiger partial charge in [-0.1, -0.05) is 24.3 Å². The number of rotatable bonds is 4. The summed E-state index contributed by atoms with van der Waals surface area (Å²) in [5.41, 5.74) is 5.02. The fourth-order valence-corrected chi connectivity index (χ4v) is 2.93. The van der Waals surface area contributed by atoms with Gasteiger partial charge in [-0.05, 0) is 48.7 Å². The number of hydrogen-bond donors (Lipinski definition) is 1. The number of carbonyl (C=O) groups is 1. The molecule has 1 N–H and O–H groups in total. The predicted octanol–water partition coefficient (Wildman–Crippen LogP) is 3.50. The molecule has 4 nitrogen and oxygen atoms in total. The van der Waals surface area contributed by atoms with Gasteiger partial charge >= 0.3 is 0 Å². The van der Waals surface area contributed by atoms with Crippen LogP contribution in [-0.2, 0) is 11.2 Å². The van der Waals surface area contributed by atoms with E-state index in [1.807, 2.05) is 56.4 Å². The molecule has 0 aliphatic rings. The minimum absolute atomic E-state index is 0.0333. The van der Waals surface area contributed by atoms with E-state index in [0.29, 0.717) is 6.42 Å². The van der Waals surface area contributed by atoms with E-state index in [1.54, 1.807) is 11.8 Å². The zero-order valence-corrected chi connectivity index (χ0v) is 13.6. The maximum absolute atomic E-state index is 12.4. The van der Waals surface area contributed by atoms with Crippen LogP contribution in [0.4, 0.5) is 5.69 Å². The molecule has 3 aromatic rings. The predicted molar refractivity (Wildman–Crippen MR) is 92.7 cm³/mol. The van der Waals surface area contributed by atoms with Crippen molar-refractivity contribution in [2.75, 3.05) is 12.4 Å². The number of nitrogens with one attached hydrogen (secondary N) is 1. The molecule has 4 heteroatoms. The van der Waals surface area contributed by atoms with E-state index in [-0.39, 0.29) is 5.91 Å². The molecule has 1 heterocycles. The molecule has 0 aliphatic carbocycles. The van der Waals surface area contributed by atoms with Crippen LogP contribution in [0, 0.1) is 13.8 Å². The van der Waals surface area contributed by atoms with Crippen LogP contribution in [-0.4, -0.2) is 17.7 Å². The number of carbonyl (C=O) groups excluding carboxylic acids is 1. The van der Waals surface area contributed by atoms with Crippen molar-refractivity contribution in [3.05, 3.63) is 65.4 Å². The number of hydrogen-bond acceptors (Lipinski definition) is 2. The molecule has 0 radical (unpaired) electrons. The van der Waals surface area contributed by atoms with E-state index in [1.165, 1.54) is 0 Å². The van der Waals surface area contributed by atoms with Gasteiger partial charge in [-0.3, -0.25) is 4.79 Å². The normalized spacial score (nSPS) is 10.7. The van der Waals surface area contributed by atoms with Crippen molar-refractivity contribution in [1.82, 2.24) is 4.73 Å². The average Bonchev–Trinajstić information content (AvgIpc) is 2.84. The SMILES string of the molecule is COn1cc(CC(=O)Nc2cc(C)cc(C)c2)c2ccccc21. The number of amides is 1. The fourth-order valence-electron chi connectivity index (χ4n) is 2.93. The lowest BCUT2D eigenvalue weighted by Gasteiger charge is -2.07. The van der Waals surface area contributed by atoms with Gasteiger partial charge < -0.3 is 10.2 Å². The minimum atomic E-state index is -0.0333. The van der Waals surface area contributed by atoms with Crippen LogP contribution in [0.25, 0.3) is 10.9 Å². The summed E-state index contributed by atoms with van der Waals surface area (Å²) < 4.78 is 1.69. The third kappa shape index (κ3) is 3.21. The van der Waals surface area contributed by atoms with Crippen molar-refractivity contribution < 1.29 is 9.63 Å². The highest BCUT2D eigenvalue weighted by atomic mass is 16.6. The van der Waals surface area contributed by atoms with Gasteiger partial charge in [-0.15, -0.1) is 0 Å². The molecule has 0 bridgehead atoms. The molecule has 0 unspecified atom stereocenters. The number of nitrogens with zero attached hydrogens (tertiary/aromatic N) is 1. The molecular formula is C19H20N2O2. The van der Waals surface area contributed by atoms with Crippen LogP contribution in [0.3, 0.4) is 0 Å². The lowest BCUT2D eigenvalue weighted by atomic mass is 10.1. The van der Waals surface area contributed by atoms with Crippen molar-refractivity contribution in [3.8, 4) is 0 Å². The third-order valence-electron chi connectivity index (χ3n) is 3.81. The summed E-state index contributed by atoms with van der Waals surface area (Å²) >= 11 is 0. The Morgan fingerprint density at radius 1 is 1.13 bits per heavy atom. The molecule has 0 fully saturated rings. The van der Waals surface area contributed by atoms with Crippen molar-refractivity contribution in [2.45, 2.75) is 20.3 Å². The smallest absolute Gasteiger partial charge is 0.228 e. The van der Waals surface area contributed by atoms with Crippen LogP contribution in [0.2, 0.25) is 0 Å². The molecule has 23 heavy (non-hydrogen) atoms. The molecule has 1 amide bonds. The van der Waals surface area contributed by atoms with Gasteiger partial charge in [0.05, 0.1) is 11.9 Å². The highest BCUT2D eigenvalue weighted by Crippen LogP contribution is 2.21. The molecule has 3 rings (SSSR count). The Labute approximate surface area is 135 Å². The summed E-state index contributed by atoms with van der Waals surface area (Å²) in [5.74, 6) is -0.0333. The topological polar surface area (TPSA) is 43.3 Å². The molecule has 0 saturated carbocycles. The van der Waals surface area contributed by atoms with Gasteiger partial charge in [-0.2, -0.15) is 4.73 Å². The van der Waals surface area contributed by atoms with Crippen LogP contribution < -0.4 is 10.2 Å². The first-order chi connectivity index (χ1) is 11.1. The first-order valence-corrected chi connectivity index (χ1v) is 7.58. The Balaban J connectivity index is 1.83. The Bertz CT molecular complexity index is 845. The van der Waals surface area contributed by atoms with Crippen molar-refractivity contribution in [2.24, 2.45) is 0 Å². The number of benzene rings is 2. The summed E-state index contributed by atoms with van der Waals surface area (Å²) in [7, 11) is 1.62. The van der Waals surface area contributed by atoms with E-state index in [2.05, 4.69) is 11.4 Å². The number of para-hydroxylation sites is 1. The number of aryl methyl sites for hydroxylation is 2. The maximum atomic E-state index is 12.4. The molecular weight excluding hydrogens is 288 g/mol. The van der Waals surface area contributed by atoms with Crippen LogP contribution in [0.1, 0.15) is 16.7 Å². The zero-order chi connectivity index (χ0) is 16.4. The van der Waals surface area contributed by atoms with E-state index < -0.39 is 0 Å². The highest BCUT2D eigenvalue weighted by Gasteiger charge is 2.12. The summed E-state index contributed by atoms with van der Waals surface area (Å²) in [6.07, 6.45) is 2.18. The van der Waals surface area contributed by atoms with Crippen LogP contribution >= 0.6 is 0 Å². The van der Waals surface area contributed by atoms with Crippen molar-refractivity contribution >= 4 is 22.5 Å². The van der Waals surface area contributed by atoms with Crippen molar-refractivity contribution in [1.29, 1.82) is 0 Å². The molecule has 118 valence electrons. The van der Waals surface area contributed by atoms with E-state index in [4.69, 9.17) is 4.84 Å². The zero-order valence-electron chi connectivity index (χ0n) is 13.6. The van der Waals surface area contributed by atoms with Gasteiger partial charge in [0, 0.05) is 17.3 Å². The molecule has 0 aliphatic heterocycles.